The van der Waals surface area contributed by atoms with Crippen molar-refractivity contribution in [2.45, 2.75) is 12.6 Å². The first-order chi connectivity index (χ1) is 13.1. The Morgan fingerprint density at radius 2 is 2.00 bits per heavy atom. The van der Waals surface area contributed by atoms with Crippen LogP contribution in [-0.4, -0.2) is 40.0 Å². The molecule has 1 atom stereocenters. The van der Waals surface area contributed by atoms with E-state index in [1.807, 2.05) is 39.8 Å². The number of aromatic nitrogens is 1. The first-order valence-electron chi connectivity index (χ1n) is 8.79. The Morgan fingerprint density at radius 1 is 1.19 bits per heavy atom. The Kier molecular flexibility index (Phi) is 4.60. The minimum atomic E-state index is -0.417. The van der Waals surface area contributed by atoms with E-state index in [0.717, 1.165) is 16.5 Å². The summed E-state index contributed by atoms with van der Waals surface area (Å²) in [4.78, 5) is 25.1. The molecule has 1 aliphatic rings. The Bertz CT molecular complexity index is 983. The molecule has 0 N–H and O–H groups in total. The quantitative estimate of drug-likeness (QED) is 0.526. The van der Waals surface area contributed by atoms with E-state index in [2.05, 4.69) is 0 Å². The number of ether oxygens (including phenoxy) is 1. The molecule has 7 nitrogen and oxygen atoms in total. The lowest BCUT2D eigenvalue weighted by Gasteiger charge is -2.33. The molecular formula is C20H19N3O4. The normalized spacial score (nSPS) is 17.2. The van der Waals surface area contributed by atoms with Crippen molar-refractivity contribution in [2.75, 3.05) is 19.7 Å². The molecule has 1 unspecified atom stereocenters. The molecule has 0 aliphatic carbocycles. The van der Waals surface area contributed by atoms with E-state index >= 15 is 0 Å². The molecule has 3 aromatic rings. The first kappa shape index (κ1) is 17.2. The van der Waals surface area contributed by atoms with Crippen molar-refractivity contribution in [2.24, 2.45) is 0 Å². The number of hydrogen-bond acceptors (Lipinski definition) is 4. The van der Waals surface area contributed by atoms with Crippen LogP contribution in [0.25, 0.3) is 10.9 Å². The SMILES string of the molecule is O=C(Cn1ccc2cc([N+](=O)[O-])ccc21)N1CCOC(c2ccccc2)C1. The lowest BCUT2D eigenvalue weighted by molar-refractivity contribution is -0.384. The van der Waals surface area contributed by atoms with Gasteiger partial charge in [0.2, 0.25) is 5.91 Å². The molecule has 1 fully saturated rings. The molecule has 2 aromatic carbocycles. The third-order valence-electron chi connectivity index (χ3n) is 4.86. The summed E-state index contributed by atoms with van der Waals surface area (Å²) >= 11 is 0. The Labute approximate surface area is 155 Å². The molecule has 138 valence electrons. The standard InChI is InChI=1S/C20H19N3O4/c24-20(22-10-11-27-19(13-22)15-4-2-1-3-5-15)14-21-9-8-16-12-17(23(25)26)6-7-18(16)21/h1-9,12,19H,10-11,13-14H2. The zero-order valence-corrected chi connectivity index (χ0v) is 14.7. The minimum absolute atomic E-state index is 0.00934. The van der Waals surface area contributed by atoms with Gasteiger partial charge in [0.25, 0.3) is 5.69 Å². The number of hydrogen-bond donors (Lipinski definition) is 0. The fourth-order valence-corrected chi connectivity index (χ4v) is 3.43. The predicted molar refractivity (Wildman–Crippen MR) is 100 cm³/mol. The first-order valence-corrected chi connectivity index (χ1v) is 8.79. The van der Waals surface area contributed by atoms with E-state index in [9.17, 15) is 14.9 Å². The monoisotopic (exact) mass is 365 g/mol. The van der Waals surface area contributed by atoms with Crippen molar-refractivity contribution in [3.8, 4) is 0 Å². The van der Waals surface area contributed by atoms with E-state index in [1.54, 1.807) is 18.3 Å². The van der Waals surface area contributed by atoms with Gasteiger partial charge in [0.1, 0.15) is 12.6 Å². The largest absolute Gasteiger partial charge is 0.370 e. The molecule has 0 spiro atoms. The van der Waals surface area contributed by atoms with Gasteiger partial charge >= 0.3 is 0 Å². The second-order valence-corrected chi connectivity index (χ2v) is 6.55. The molecule has 1 saturated heterocycles. The van der Waals surface area contributed by atoms with E-state index in [1.165, 1.54) is 12.1 Å². The predicted octanol–water partition coefficient (Wildman–Crippen LogP) is 3.15. The van der Waals surface area contributed by atoms with Gasteiger partial charge in [-0.3, -0.25) is 14.9 Å². The van der Waals surface area contributed by atoms with Gasteiger partial charge in [0, 0.05) is 35.8 Å². The van der Waals surface area contributed by atoms with Gasteiger partial charge < -0.3 is 14.2 Å². The van der Waals surface area contributed by atoms with Crippen LogP contribution in [0.5, 0.6) is 0 Å². The Hall–Kier alpha value is -3.19. The second kappa shape index (κ2) is 7.20. The zero-order valence-electron chi connectivity index (χ0n) is 14.7. The van der Waals surface area contributed by atoms with Crippen LogP contribution in [0.1, 0.15) is 11.7 Å². The highest BCUT2D eigenvalue weighted by atomic mass is 16.6. The summed E-state index contributed by atoms with van der Waals surface area (Å²) in [5.41, 5.74) is 1.92. The van der Waals surface area contributed by atoms with Gasteiger partial charge in [-0.05, 0) is 17.7 Å². The van der Waals surface area contributed by atoms with Crippen LogP contribution in [0, 0.1) is 10.1 Å². The number of fused-ring (bicyclic) bond motifs is 1. The van der Waals surface area contributed by atoms with E-state index in [4.69, 9.17) is 4.74 Å². The number of rotatable bonds is 4. The fraction of sp³-hybridized carbons (Fsp3) is 0.250. The molecule has 1 aromatic heterocycles. The number of morpholine rings is 1. The van der Waals surface area contributed by atoms with Gasteiger partial charge in [-0.2, -0.15) is 0 Å². The molecule has 0 bridgehead atoms. The summed E-state index contributed by atoms with van der Waals surface area (Å²) in [6, 6.07) is 16.4. The highest BCUT2D eigenvalue weighted by Crippen LogP contribution is 2.24. The zero-order chi connectivity index (χ0) is 18.8. The number of non-ortho nitro benzene ring substituents is 1. The van der Waals surface area contributed by atoms with Gasteiger partial charge in [0.15, 0.2) is 0 Å². The van der Waals surface area contributed by atoms with Crippen molar-refractivity contribution >= 4 is 22.5 Å². The van der Waals surface area contributed by atoms with E-state index in [-0.39, 0.29) is 24.2 Å². The third kappa shape index (κ3) is 3.54. The van der Waals surface area contributed by atoms with Crippen LogP contribution >= 0.6 is 0 Å². The highest BCUT2D eigenvalue weighted by molar-refractivity contribution is 5.85. The maximum Gasteiger partial charge on any atom is 0.270 e. The smallest absolute Gasteiger partial charge is 0.270 e. The molecular weight excluding hydrogens is 346 g/mol. The fourth-order valence-electron chi connectivity index (χ4n) is 3.43. The molecule has 1 aliphatic heterocycles. The van der Waals surface area contributed by atoms with E-state index < -0.39 is 4.92 Å². The summed E-state index contributed by atoms with van der Waals surface area (Å²) in [5.74, 6) is 0.00934. The van der Waals surface area contributed by atoms with Gasteiger partial charge in [-0.1, -0.05) is 30.3 Å². The molecule has 2 heterocycles. The summed E-state index contributed by atoms with van der Waals surface area (Å²) in [6.07, 6.45) is 1.68. The number of nitro groups is 1. The number of benzene rings is 2. The molecule has 1 amide bonds. The summed E-state index contributed by atoms with van der Waals surface area (Å²) in [5, 5.41) is 11.7. The Balaban J connectivity index is 1.49. The van der Waals surface area contributed by atoms with Gasteiger partial charge in [-0.25, -0.2) is 0 Å². The van der Waals surface area contributed by atoms with Crippen molar-refractivity contribution in [1.29, 1.82) is 0 Å². The number of nitrogens with zero attached hydrogens (tertiary/aromatic N) is 3. The molecule has 4 rings (SSSR count). The van der Waals surface area contributed by atoms with Crippen molar-refractivity contribution in [3.05, 3.63) is 76.5 Å². The van der Waals surface area contributed by atoms with Crippen LogP contribution < -0.4 is 0 Å². The average molecular weight is 365 g/mol. The number of amides is 1. The maximum atomic E-state index is 12.8. The second-order valence-electron chi connectivity index (χ2n) is 6.55. The van der Waals surface area contributed by atoms with Crippen LogP contribution in [-0.2, 0) is 16.1 Å². The number of carbonyl (C=O) groups excluding carboxylic acids is 1. The van der Waals surface area contributed by atoms with E-state index in [0.29, 0.717) is 19.7 Å². The third-order valence-corrected chi connectivity index (χ3v) is 4.86. The van der Waals surface area contributed by atoms with Gasteiger partial charge in [0.05, 0.1) is 18.1 Å². The summed E-state index contributed by atoms with van der Waals surface area (Å²) in [7, 11) is 0. The highest BCUT2D eigenvalue weighted by Gasteiger charge is 2.25. The van der Waals surface area contributed by atoms with Crippen LogP contribution in [0.15, 0.2) is 60.8 Å². The lowest BCUT2D eigenvalue weighted by Crippen LogP contribution is -2.43. The molecule has 7 heteroatoms. The van der Waals surface area contributed by atoms with Crippen molar-refractivity contribution in [1.82, 2.24) is 9.47 Å². The molecule has 0 radical (unpaired) electrons. The average Bonchev–Trinajstić information content (AvgIpc) is 3.10. The number of carbonyl (C=O) groups is 1. The van der Waals surface area contributed by atoms with Crippen LogP contribution in [0.3, 0.4) is 0 Å². The molecule has 27 heavy (non-hydrogen) atoms. The van der Waals surface area contributed by atoms with Crippen molar-refractivity contribution in [3.63, 3.8) is 0 Å². The summed E-state index contributed by atoms with van der Waals surface area (Å²) in [6.45, 7) is 1.78. The Morgan fingerprint density at radius 3 is 2.78 bits per heavy atom. The minimum Gasteiger partial charge on any atom is -0.370 e. The topological polar surface area (TPSA) is 77.6 Å². The number of nitro benzene ring substituents is 1. The lowest BCUT2D eigenvalue weighted by atomic mass is 10.1. The van der Waals surface area contributed by atoms with Gasteiger partial charge in [-0.15, -0.1) is 0 Å². The van der Waals surface area contributed by atoms with Crippen LogP contribution in [0.2, 0.25) is 0 Å². The van der Waals surface area contributed by atoms with Crippen LogP contribution in [0.4, 0.5) is 5.69 Å². The summed E-state index contributed by atoms with van der Waals surface area (Å²) < 4.78 is 7.65. The maximum absolute atomic E-state index is 12.8. The molecule has 0 saturated carbocycles. The van der Waals surface area contributed by atoms with Crippen molar-refractivity contribution < 1.29 is 14.5 Å².